The van der Waals surface area contributed by atoms with Gasteiger partial charge < -0.3 is 0 Å². The summed E-state index contributed by atoms with van der Waals surface area (Å²) >= 11 is 0. The van der Waals surface area contributed by atoms with Crippen molar-refractivity contribution in [3.8, 4) is 0 Å². The Kier molecular flexibility index (Phi) is 15.9. The number of allylic oxidation sites excluding steroid dienone is 2. The van der Waals surface area contributed by atoms with E-state index in [2.05, 4.69) is 13.5 Å². The number of alkyl halides is 17. The molecule has 0 aliphatic rings. The molecule has 0 radical (unpaired) electrons. The average Bonchev–Trinajstić information content (AvgIpc) is 2.85. The maximum absolute atomic E-state index is 13.3. The van der Waals surface area contributed by atoms with E-state index < -0.39 is 60.5 Å². The third kappa shape index (κ3) is 9.11. The van der Waals surface area contributed by atoms with E-state index in [4.69, 9.17) is 0 Å². The number of hydrogen-bond acceptors (Lipinski definition) is 0. The lowest BCUT2D eigenvalue weighted by molar-refractivity contribution is -0.461. The molecule has 42 heavy (non-hydrogen) atoms. The van der Waals surface area contributed by atoms with Crippen molar-refractivity contribution >= 4 is 0 Å². The van der Waals surface area contributed by atoms with Crippen molar-refractivity contribution in [2.24, 2.45) is 0 Å². The van der Waals surface area contributed by atoms with Gasteiger partial charge in [0.05, 0.1) is 6.33 Å². The van der Waals surface area contributed by atoms with Gasteiger partial charge >= 0.3 is 47.6 Å². The van der Waals surface area contributed by atoms with Gasteiger partial charge in [0.2, 0.25) is 0 Å². The van der Waals surface area contributed by atoms with Crippen molar-refractivity contribution in [1.82, 2.24) is 0 Å². The summed E-state index contributed by atoms with van der Waals surface area (Å²) in [5.41, 5.74) is 0. The summed E-state index contributed by atoms with van der Waals surface area (Å²) in [5.74, 6) is -55.9. The molecule has 0 unspecified atom stereocenters. The van der Waals surface area contributed by atoms with Gasteiger partial charge in [0.25, 0.3) is 0 Å². The highest BCUT2D eigenvalue weighted by Crippen LogP contribution is 2.64. The van der Waals surface area contributed by atoms with Crippen molar-refractivity contribution in [3.63, 3.8) is 0 Å². The Bertz CT molecular complexity index is 811. The zero-order chi connectivity index (χ0) is 33.9. The van der Waals surface area contributed by atoms with Crippen LogP contribution in [0.15, 0.2) is 25.1 Å². The van der Waals surface area contributed by atoms with Crippen LogP contribution in [0, 0.1) is 0 Å². The zero-order valence-electron chi connectivity index (χ0n) is 22.0. The first-order valence-electron chi connectivity index (χ1n) is 12.3. The lowest BCUT2D eigenvalue weighted by Crippen LogP contribution is -2.74. The molecule has 0 aliphatic carbocycles. The van der Waals surface area contributed by atoms with Crippen molar-refractivity contribution in [2.75, 3.05) is 0 Å². The van der Waals surface area contributed by atoms with Gasteiger partial charge in [-0.15, -0.1) is 6.58 Å². The van der Waals surface area contributed by atoms with Gasteiger partial charge in [0.1, 0.15) is 0 Å². The summed E-state index contributed by atoms with van der Waals surface area (Å²) in [4.78, 5) is 0. The molecule has 0 aromatic carbocycles. The summed E-state index contributed by atoms with van der Waals surface area (Å²) in [7, 11) is 0. The Hall–Kier alpha value is -1.78. The average molecular weight is 660 g/mol. The van der Waals surface area contributed by atoms with Gasteiger partial charge in [-0.05, 0) is 19.3 Å². The van der Waals surface area contributed by atoms with Gasteiger partial charge in [-0.25, -0.2) is 4.39 Å². The molecule has 0 aromatic rings. The molecule has 0 aromatic heterocycles. The fraction of sp³-hybridized carbons (Fsp3) is 0.833. The highest BCUT2D eigenvalue weighted by Gasteiger charge is 2.95. The predicted octanol–water partition coefficient (Wildman–Crippen LogP) is 12.0. The topological polar surface area (TPSA) is 0 Å². The zero-order valence-corrected chi connectivity index (χ0v) is 22.0. The first kappa shape index (κ1) is 42.4. The Morgan fingerprint density at radius 2 is 0.833 bits per heavy atom. The third-order valence-electron chi connectivity index (χ3n) is 5.76. The van der Waals surface area contributed by atoms with E-state index in [1.165, 1.54) is 44.9 Å². The molecule has 0 spiro atoms. The van der Waals surface area contributed by atoms with Crippen LogP contribution in [-0.4, -0.2) is 47.6 Å². The quantitative estimate of drug-likeness (QED) is 0.0780. The largest absolute Gasteiger partial charge is 0.460 e. The van der Waals surface area contributed by atoms with Crippen LogP contribution in [0.3, 0.4) is 0 Å². The number of unbranched alkanes of at least 4 members (excludes halogenated alkanes) is 8. The molecular formula is C24H30F18. The van der Waals surface area contributed by atoms with E-state index in [1.807, 2.05) is 0 Å². The van der Waals surface area contributed by atoms with E-state index in [0.717, 1.165) is 12.8 Å². The van der Waals surface area contributed by atoms with Crippen LogP contribution in [0.1, 0.15) is 77.6 Å². The molecule has 0 amide bonds. The van der Waals surface area contributed by atoms with Crippen molar-refractivity contribution < 1.29 is 79.0 Å². The minimum Gasteiger partial charge on any atom is -0.216 e. The SMILES string of the molecule is C=CCCC(F)(F)C(F)(F)C(F)(F)C(F)(F)C(F)(F)C(F)(F)C(F)(F)C(F)(F)F.CCCCCCCCCCC=CF. The monoisotopic (exact) mass is 660 g/mol. The van der Waals surface area contributed by atoms with Gasteiger partial charge in [-0.2, -0.15) is 74.6 Å². The Morgan fingerprint density at radius 3 is 1.19 bits per heavy atom. The molecule has 0 rings (SSSR count). The molecule has 0 saturated heterocycles. The van der Waals surface area contributed by atoms with E-state index in [-0.39, 0.29) is 0 Å². The van der Waals surface area contributed by atoms with E-state index >= 15 is 0 Å². The smallest absolute Gasteiger partial charge is 0.216 e. The standard InChI is InChI=1S/C12H7F17.C12H23F/c1-2-3-4-5(13,14)6(15,16)7(17,18)8(19,20)9(21,22)10(23,24)11(25,26)12(27,28)29;1-2-3-4-5-6-7-8-9-10-11-12-13/h2H,1,3-4H2;11-12H,2-10H2,1H3. The van der Waals surface area contributed by atoms with Gasteiger partial charge in [0, 0.05) is 6.42 Å². The van der Waals surface area contributed by atoms with E-state index in [1.54, 1.807) is 6.08 Å². The Balaban J connectivity index is 0. The summed E-state index contributed by atoms with van der Waals surface area (Å²) in [6.45, 7) is 4.89. The highest BCUT2D eigenvalue weighted by molar-refractivity contribution is 5.15. The van der Waals surface area contributed by atoms with Crippen molar-refractivity contribution in [3.05, 3.63) is 25.1 Å². The summed E-state index contributed by atoms with van der Waals surface area (Å²) in [6.07, 6.45) is 2.52. The second-order valence-electron chi connectivity index (χ2n) is 9.10. The minimum atomic E-state index is -8.58. The van der Waals surface area contributed by atoms with Crippen molar-refractivity contribution in [2.45, 2.75) is 125 Å². The maximum atomic E-state index is 13.3. The van der Waals surface area contributed by atoms with Crippen molar-refractivity contribution in [1.29, 1.82) is 0 Å². The molecule has 0 atom stereocenters. The number of hydrogen-bond donors (Lipinski definition) is 0. The van der Waals surface area contributed by atoms with Crippen LogP contribution in [0.25, 0.3) is 0 Å². The normalized spacial score (nSPS) is 14.6. The predicted molar refractivity (Wildman–Crippen MR) is 118 cm³/mol. The highest BCUT2D eigenvalue weighted by atomic mass is 19.4. The molecule has 0 N–H and O–H groups in total. The first-order chi connectivity index (χ1) is 18.7. The van der Waals surface area contributed by atoms with Crippen LogP contribution in [0.2, 0.25) is 0 Å². The van der Waals surface area contributed by atoms with Crippen LogP contribution >= 0.6 is 0 Å². The lowest BCUT2D eigenvalue weighted by atomic mass is 9.88. The molecule has 252 valence electrons. The Morgan fingerprint density at radius 1 is 0.476 bits per heavy atom. The number of rotatable bonds is 18. The van der Waals surface area contributed by atoms with Gasteiger partial charge in [-0.1, -0.05) is 64.0 Å². The molecule has 0 saturated carbocycles. The lowest BCUT2D eigenvalue weighted by Gasteiger charge is -2.42. The van der Waals surface area contributed by atoms with E-state index in [9.17, 15) is 79.0 Å². The van der Waals surface area contributed by atoms with Gasteiger partial charge in [-0.3, -0.25) is 0 Å². The van der Waals surface area contributed by atoms with Gasteiger partial charge in [0.15, 0.2) is 0 Å². The molecule has 0 bridgehead atoms. The molecule has 0 fully saturated rings. The summed E-state index contributed by atoms with van der Waals surface area (Å²) in [6, 6.07) is 0. The molecule has 0 heterocycles. The molecular weight excluding hydrogens is 630 g/mol. The van der Waals surface area contributed by atoms with Crippen LogP contribution in [0.4, 0.5) is 79.0 Å². The number of halogens is 18. The fourth-order valence-electron chi connectivity index (χ4n) is 3.10. The summed E-state index contributed by atoms with van der Waals surface area (Å²) in [5, 5.41) is 0. The molecule has 0 nitrogen and oxygen atoms in total. The second kappa shape index (κ2) is 15.8. The maximum Gasteiger partial charge on any atom is 0.460 e. The Labute approximate surface area is 230 Å². The summed E-state index contributed by atoms with van der Waals surface area (Å²) < 4.78 is 230. The minimum absolute atomic E-state index is 0.340. The third-order valence-corrected chi connectivity index (χ3v) is 5.76. The first-order valence-corrected chi connectivity index (χ1v) is 12.3. The fourth-order valence-corrected chi connectivity index (χ4v) is 3.10. The second-order valence-corrected chi connectivity index (χ2v) is 9.10. The van der Waals surface area contributed by atoms with Crippen LogP contribution in [0.5, 0.6) is 0 Å². The molecule has 18 heteroatoms. The van der Waals surface area contributed by atoms with Crippen LogP contribution in [-0.2, 0) is 0 Å². The van der Waals surface area contributed by atoms with Crippen LogP contribution < -0.4 is 0 Å². The van der Waals surface area contributed by atoms with E-state index in [0.29, 0.717) is 12.4 Å². The molecule has 0 aliphatic heterocycles.